The van der Waals surface area contributed by atoms with Crippen LogP contribution in [0.5, 0.6) is 0 Å². The van der Waals surface area contributed by atoms with Crippen LogP contribution in [0.4, 0.5) is 0 Å². The predicted octanol–water partition coefficient (Wildman–Crippen LogP) is 13.6. The molecule has 3 heterocycles. The monoisotopic (exact) mass is 714 g/mol. The number of aromatic nitrogens is 3. The maximum absolute atomic E-state index is 8.72. The molecule has 11 rings (SSSR count). The molecule has 0 bridgehead atoms. The Bertz CT molecular complexity index is 3920. The second kappa shape index (κ2) is 12.6. The molecule has 55 heavy (non-hydrogen) atoms. The zero-order chi connectivity index (χ0) is 49.3. The van der Waals surface area contributed by atoms with Crippen LogP contribution >= 0.6 is 0 Å². The number of fused-ring (bicyclic) bond motifs is 6. The molecule has 0 aliphatic carbocycles. The zero-order valence-electron chi connectivity index (χ0n) is 43.7. The molecule has 0 saturated heterocycles. The molecule has 256 valence electrons. The lowest BCUT2D eigenvalue weighted by Crippen LogP contribution is -1.96. The Kier molecular flexibility index (Phi) is 4.52. The summed E-state index contributed by atoms with van der Waals surface area (Å²) in [5, 5.41) is 4.03. The summed E-state index contributed by atoms with van der Waals surface area (Å²) in [6.45, 7) is 0. The molecule has 0 aliphatic heterocycles. The van der Waals surface area contributed by atoms with E-state index in [9.17, 15) is 0 Å². The van der Waals surface area contributed by atoms with E-state index in [4.69, 9.17) is 25.5 Å². The zero-order valence-corrected chi connectivity index (χ0v) is 28.7. The van der Waals surface area contributed by atoms with Crippen LogP contribution in [0.15, 0.2) is 200 Å². The van der Waals surface area contributed by atoms with E-state index in [0.29, 0.717) is 11.1 Å². The van der Waals surface area contributed by atoms with Gasteiger partial charge in [-0.25, -0.2) is 9.97 Å². The number of para-hydroxylation sites is 1. The van der Waals surface area contributed by atoms with Gasteiger partial charge in [0.25, 0.3) is 0 Å². The van der Waals surface area contributed by atoms with E-state index in [2.05, 4.69) is 39.7 Å². The minimum absolute atomic E-state index is 0.104. The van der Waals surface area contributed by atoms with Crippen molar-refractivity contribution in [2.45, 2.75) is 0 Å². The standard InChI is InChI=1S/C52H33N3/c1-4-13-34(14-5-1)40-25-27-43-45-23-12-24-46-44-28-26-41(32-50(44)55(51(45)46)49(43)31-40)38-20-10-19-37(29-38)39-21-11-22-42(30-39)48-33-47(35-15-6-2-7-16-35)53-52(54-48)36-17-8-3-9-18-36/h1-33H/i1D,2D,3D,4D,5D,6D,7D,8D,9D,13D,14D,15D,16D,17D,18D. The van der Waals surface area contributed by atoms with Crippen LogP contribution in [-0.2, 0) is 0 Å². The average molecular weight is 715 g/mol. The lowest BCUT2D eigenvalue weighted by molar-refractivity contribution is 1.18. The molecule has 3 aromatic heterocycles. The van der Waals surface area contributed by atoms with E-state index in [0.717, 1.165) is 60.3 Å². The van der Waals surface area contributed by atoms with Gasteiger partial charge in [0, 0.05) is 38.2 Å². The molecule has 0 N–H and O–H groups in total. The third-order valence-corrected chi connectivity index (χ3v) is 10.00. The average Bonchev–Trinajstić information content (AvgIpc) is 3.89. The highest BCUT2D eigenvalue weighted by Crippen LogP contribution is 2.41. The summed E-state index contributed by atoms with van der Waals surface area (Å²) in [5.41, 5.74) is 6.81. The van der Waals surface area contributed by atoms with Gasteiger partial charge in [0.15, 0.2) is 5.82 Å². The summed E-state index contributed by atoms with van der Waals surface area (Å²) in [5.74, 6) is -0.291. The van der Waals surface area contributed by atoms with Gasteiger partial charge >= 0.3 is 0 Å². The van der Waals surface area contributed by atoms with Gasteiger partial charge in [0.05, 0.1) is 48.5 Å². The van der Waals surface area contributed by atoms with Gasteiger partial charge in [-0.3, -0.25) is 0 Å². The number of benzene rings is 8. The molecule has 0 aliphatic rings. The molecule has 11 aromatic rings. The molecule has 3 heteroatoms. The van der Waals surface area contributed by atoms with Crippen molar-refractivity contribution in [1.29, 1.82) is 0 Å². The molecule has 0 amide bonds. The van der Waals surface area contributed by atoms with Gasteiger partial charge in [-0.05, 0) is 63.7 Å². The number of nitrogens with zero attached hydrogens (tertiary/aromatic N) is 3. The fraction of sp³-hybridized carbons (Fsp3) is 0. The van der Waals surface area contributed by atoms with Crippen molar-refractivity contribution in [1.82, 2.24) is 14.4 Å². The second-order valence-electron chi connectivity index (χ2n) is 13.1. The Labute approximate surface area is 339 Å². The molecule has 8 aromatic carbocycles. The summed E-state index contributed by atoms with van der Waals surface area (Å²) < 4.78 is 129. The minimum atomic E-state index is -0.611. The van der Waals surface area contributed by atoms with Gasteiger partial charge in [-0.15, -0.1) is 0 Å². The second-order valence-corrected chi connectivity index (χ2v) is 13.1. The predicted molar refractivity (Wildman–Crippen MR) is 229 cm³/mol. The minimum Gasteiger partial charge on any atom is -0.308 e. The molecule has 0 fully saturated rings. The highest BCUT2D eigenvalue weighted by Gasteiger charge is 2.19. The smallest absolute Gasteiger partial charge is 0.160 e. The van der Waals surface area contributed by atoms with Crippen LogP contribution in [-0.4, -0.2) is 14.4 Å². The normalized spacial score (nSPS) is 15.5. The molecule has 0 spiro atoms. The van der Waals surface area contributed by atoms with E-state index in [-0.39, 0.29) is 46.0 Å². The fourth-order valence-corrected chi connectivity index (χ4v) is 7.52. The quantitative estimate of drug-likeness (QED) is 0.172. The molecule has 0 unspecified atom stereocenters. The van der Waals surface area contributed by atoms with Crippen LogP contribution in [0, 0.1) is 0 Å². The molecular weight excluding hydrogens is 667 g/mol. The largest absolute Gasteiger partial charge is 0.308 e. The first-order valence-electron chi connectivity index (χ1n) is 25.0. The maximum atomic E-state index is 8.72. The van der Waals surface area contributed by atoms with Crippen molar-refractivity contribution in [3.8, 4) is 67.3 Å². The highest BCUT2D eigenvalue weighted by molar-refractivity contribution is 6.23. The third-order valence-electron chi connectivity index (χ3n) is 10.00. The van der Waals surface area contributed by atoms with Crippen molar-refractivity contribution in [2.24, 2.45) is 0 Å². The topological polar surface area (TPSA) is 30.2 Å². The maximum Gasteiger partial charge on any atom is 0.160 e. The van der Waals surface area contributed by atoms with E-state index in [1.54, 1.807) is 12.1 Å². The first-order valence-corrected chi connectivity index (χ1v) is 17.5. The SMILES string of the molecule is [2H]c1c([2H])c([2H])c(-c2ccc3c4cccc5c6ccc(-c7cccc(-c8cccc(-c9cc(-c%10c([2H])c([2H])c([2H])c([2H])c%10[2H])nc(-c%10c([2H])c([2H])c([2H])c([2H])c%10[2H])n9)c8)c7)cc6n(c3c2)c54)c([2H])c1[2H]. The van der Waals surface area contributed by atoms with Crippen molar-refractivity contribution in [3.05, 3.63) is 200 Å². The van der Waals surface area contributed by atoms with Gasteiger partial charge in [0.1, 0.15) is 0 Å². The Hall–Kier alpha value is -7.36. The van der Waals surface area contributed by atoms with Crippen LogP contribution in [0.25, 0.3) is 105 Å². The molecule has 0 atom stereocenters. The first kappa shape index (κ1) is 19.6. The number of rotatable bonds is 6. The molecule has 3 nitrogen and oxygen atoms in total. The van der Waals surface area contributed by atoms with Crippen molar-refractivity contribution in [3.63, 3.8) is 0 Å². The summed E-state index contributed by atoms with van der Waals surface area (Å²) in [4.78, 5) is 9.21. The van der Waals surface area contributed by atoms with Crippen LogP contribution < -0.4 is 0 Å². The van der Waals surface area contributed by atoms with E-state index >= 15 is 0 Å². The molecule has 0 radical (unpaired) electrons. The van der Waals surface area contributed by atoms with Crippen LogP contribution in [0.3, 0.4) is 0 Å². The lowest BCUT2D eigenvalue weighted by atomic mass is 9.96. The first-order chi connectivity index (χ1) is 33.5. The summed E-state index contributed by atoms with van der Waals surface area (Å²) >= 11 is 0. The van der Waals surface area contributed by atoms with E-state index in [1.807, 2.05) is 60.7 Å². The highest BCUT2D eigenvalue weighted by atomic mass is 14.9. The van der Waals surface area contributed by atoms with Gasteiger partial charge in [-0.1, -0.05) is 169 Å². The van der Waals surface area contributed by atoms with E-state index < -0.39 is 78.6 Å². The van der Waals surface area contributed by atoms with E-state index in [1.165, 1.54) is 6.07 Å². The number of hydrogen-bond acceptors (Lipinski definition) is 2. The van der Waals surface area contributed by atoms with Crippen molar-refractivity contribution < 1.29 is 20.6 Å². The van der Waals surface area contributed by atoms with Gasteiger partial charge in [-0.2, -0.15) is 0 Å². The van der Waals surface area contributed by atoms with Crippen molar-refractivity contribution >= 4 is 38.1 Å². The van der Waals surface area contributed by atoms with Crippen LogP contribution in [0.2, 0.25) is 0 Å². The van der Waals surface area contributed by atoms with Crippen molar-refractivity contribution in [2.75, 3.05) is 0 Å². The summed E-state index contributed by atoms with van der Waals surface area (Å²) in [6, 6.07) is 27.1. The van der Waals surface area contributed by atoms with Gasteiger partial charge in [0.2, 0.25) is 0 Å². The Morgan fingerprint density at radius 1 is 0.345 bits per heavy atom. The Balaban J connectivity index is 1.05. The fourth-order valence-electron chi connectivity index (χ4n) is 7.52. The molecular formula is C52H33N3. The third kappa shape index (κ3) is 5.28. The molecule has 0 saturated carbocycles. The number of hydrogen-bond donors (Lipinski definition) is 0. The summed E-state index contributed by atoms with van der Waals surface area (Å²) in [7, 11) is 0. The Morgan fingerprint density at radius 2 is 0.782 bits per heavy atom. The summed E-state index contributed by atoms with van der Waals surface area (Å²) in [6.07, 6.45) is 0. The van der Waals surface area contributed by atoms with Crippen LogP contribution in [0.1, 0.15) is 20.6 Å². The van der Waals surface area contributed by atoms with Gasteiger partial charge < -0.3 is 4.40 Å². The lowest BCUT2D eigenvalue weighted by Gasteiger charge is -2.11. The Morgan fingerprint density at radius 3 is 1.36 bits per heavy atom.